The molecule has 0 bridgehead atoms. The van der Waals surface area contributed by atoms with Gasteiger partial charge >= 0.3 is 11.3 Å². The van der Waals surface area contributed by atoms with Gasteiger partial charge in [-0.1, -0.05) is 44.5 Å². The zero-order chi connectivity index (χ0) is 21.1. The van der Waals surface area contributed by atoms with Gasteiger partial charge in [0.25, 0.3) is 0 Å². The number of hydrogen-bond acceptors (Lipinski definition) is 5. The minimum Gasteiger partial charge on any atom is -0.458 e. The van der Waals surface area contributed by atoms with E-state index in [1.54, 1.807) is 31.2 Å². The second-order valence-corrected chi connectivity index (χ2v) is 8.84. The van der Waals surface area contributed by atoms with Crippen LogP contribution in [0.15, 0.2) is 35.2 Å². The van der Waals surface area contributed by atoms with Gasteiger partial charge in [-0.2, -0.15) is 0 Å². The van der Waals surface area contributed by atoms with Crippen LogP contribution in [0, 0.1) is 13.8 Å². The Labute approximate surface area is 175 Å². The second-order valence-electron chi connectivity index (χ2n) is 7.46. The predicted molar refractivity (Wildman–Crippen MR) is 114 cm³/mol. The topological polar surface area (TPSA) is 52.6 Å². The van der Waals surface area contributed by atoms with Crippen LogP contribution >= 0.6 is 23.4 Å². The molecule has 0 fully saturated rings. The van der Waals surface area contributed by atoms with Gasteiger partial charge < -0.3 is 9.47 Å². The van der Waals surface area contributed by atoms with Gasteiger partial charge in [0.15, 0.2) is 0 Å². The zero-order valence-electron chi connectivity index (χ0n) is 17.0. The summed E-state index contributed by atoms with van der Waals surface area (Å²) in [5.41, 5.74) is 2.97. The van der Waals surface area contributed by atoms with Crippen LogP contribution < -0.4 is 4.74 Å². The van der Waals surface area contributed by atoms with Crippen LogP contribution in [0.1, 0.15) is 54.7 Å². The molecule has 2 aromatic carbocycles. The third kappa shape index (κ3) is 5.30. The molecule has 2 aromatic rings. The Hall–Kier alpha value is -1.98. The Morgan fingerprint density at radius 1 is 1.14 bits per heavy atom. The molecule has 0 unspecified atom stereocenters. The Bertz CT molecular complexity index is 900. The van der Waals surface area contributed by atoms with E-state index in [0.717, 1.165) is 28.5 Å². The summed E-state index contributed by atoms with van der Waals surface area (Å²) in [5.74, 6) is -0.159. The standard InChI is InChI=1S/C22H25ClO4S/c1-7-26-21(25)28-19-14(3)17(22(4,5)6)11-13(2)18(19)27-20(24)15-9-8-10-16(23)12-15/h8-12H,7H2,1-6H3. The molecule has 0 atom stereocenters. The van der Waals surface area contributed by atoms with Crippen molar-refractivity contribution in [2.75, 3.05) is 6.61 Å². The number of carbonyl (C=O) groups excluding carboxylic acids is 2. The van der Waals surface area contributed by atoms with Crippen LogP contribution in [0.4, 0.5) is 4.79 Å². The molecule has 0 aromatic heterocycles. The number of esters is 1. The summed E-state index contributed by atoms with van der Waals surface area (Å²) >= 11 is 6.92. The first-order valence-electron chi connectivity index (χ1n) is 9.01. The maximum atomic E-state index is 12.7. The van der Waals surface area contributed by atoms with E-state index in [2.05, 4.69) is 20.8 Å². The fraction of sp³-hybridized carbons (Fsp3) is 0.364. The Morgan fingerprint density at radius 2 is 1.82 bits per heavy atom. The van der Waals surface area contributed by atoms with Gasteiger partial charge in [-0.25, -0.2) is 9.59 Å². The number of benzene rings is 2. The Balaban J connectivity index is 2.53. The quantitative estimate of drug-likeness (QED) is 0.312. The van der Waals surface area contributed by atoms with Crippen LogP contribution in [0.5, 0.6) is 5.75 Å². The van der Waals surface area contributed by atoms with Crippen molar-refractivity contribution in [2.24, 2.45) is 0 Å². The van der Waals surface area contributed by atoms with Crippen molar-refractivity contribution >= 4 is 34.6 Å². The highest BCUT2D eigenvalue weighted by molar-refractivity contribution is 8.13. The van der Waals surface area contributed by atoms with Gasteiger partial charge in [0.1, 0.15) is 5.75 Å². The lowest BCUT2D eigenvalue weighted by atomic mass is 9.83. The highest BCUT2D eigenvalue weighted by atomic mass is 35.5. The number of ether oxygens (including phenoxy) is 2. The molecule has 0 aliphatic heterocycles. The maximum absolute atomic E-state index is 12.7. The summed E-state index contributed by atoms with van der Waals surface area (Å²) in [5, 5.41) is 0.0164. The predicted octanol–water partition coefficient (Wildman–Crippen LogP) is 6.72. The molecule has 0 aliphatic carbocycles. The van der Waals surface area contributed by atoms with E-state index in [4.69, 9.17) is 21.1 Å². The van der Waals surface area contributed by atoms with Gasteiger partial charge in [-0.3, -0.25) is 0 Å². The summed E-state index contributed by atoms with van der Waals surface area (Å²) in [6.07, 6.45) is 0. The van der Waals surface area contributed by atoms with Crippen molar-refractivity contribution in [1.29, 1.82) is 0 Å². The lowest BCUT2D eigenvalue weighted by Crippen LogP contribution is -2.17. The lowest BCUT2D eigenvalue weighted by molar-refractivity contribution is 0.0728. The minimum absolute atomic E-state index is 0.131. The van der Waals surface area contributed by atoms with Crippen LogP contribution in [-0.2, 0) is 10.2 Å². The van der Waals surface area contributed by atoms with Gasteiger partial charge in [0.05, 0.1) is 17.1 Å². The molecule has 6 heteroatoms. The molecule has 150 valence electrons. The highest BCUT2D eigenvalue weighted by Gasteiger charge is 2.26. The highest BCUT2D eigenvalue weighted by Crippen LogP contribution is 2.42. The molecule has 0 saturated heterocycles. The number of halogens is 1. The van der Waals surface area contributed by atoms with Crippen LogP contribution in [-0.4, -0.2) is 17.9 Å². The molecule has 0 N–H and O–H groups in total. The first-order valence-corrected chi connectivity index (χ1v) is 10.2. The molecular formula is C22H25ClO4S. The molecule has 0 saturated carbocycles. The van der Waals surface area contributed by atoms with E-state index >= 15 is 0 Å². The summed E-state index contributed by atoms with van der Waals surface area (Å²) < 4.78 is 10.8. The monoisotopic (exact) mass is 420 g/mol. The largest absolute Gasteiger partial charge is 0.458 e. The van der Waals surface area contributed by atoms with Crippen LogP contribution in [0.2, 0.25) is 5.02 Å². The number of carbonyl (C=O) groups is 2. The van der Waals surface area contributed by atoms with E-state index in [0.29, 0.717) is 21.2 Å². The summed E-state index contributed by atoms with van der Waals surface area (Å²) in [4.78, 5) is 25.4. The van der Waals surface area contributed by atoms with Gasteiger partial charge in [0.2, 0.25) is 0 Å². The third-order valence-electron chi connectivity index (χ3n) is 4.18. The minimum atomic E-state index is -0.529. The van der Waals surface area contributed by atoms with Crippen molar-refractivity contribution in [3.05, 3.63) is 57.6 Å². The zero-order valence-corrected chi connectivity index (χ0v) is 18.6. The molecule has 4 nitrogen and oxygen atoms in total. The van der Waals surface area contributed by atoms with E-state index in [1.807, 2.05) is 19.9 Å². The molecule has 2 rings (SSSR count). The molecule has 28 heavy (non-hydrogen) atoms. The first kappa shape index (κ1) is 22.3. The van der Waals surface area contributed by atoms with E-state index < -0.39 is 11.3 Å². The number of thioether (sulfide) groups is 1. The Kier molecular flexibility index (Phi) is 7.18. The van der Waals surface area contributed by atoms with Gasteiger partial charge in [0, 0.05) is 5.02 Å². The third-order valence-corrected chi connectivity index (χ3v) is 5.40. The average molecular weight is 421 g/mol. The normalized spacial score (nSPS) is 11.2. The van der Waals surface area contributed by atoms with Crippen LogP contribution in [0.3, 0.4) is 0 Å². The van der Waals surface area contributed by atoms with E-state index in [9.17, 15) is 9.59 Å². The lowest BCUT2D eigenvalue weighted by Gasteiger charge is -2.25. The summed E-state index contributed by atoms with van der Waals surface area (Å²) in [6, 6.07) is 8.57. The van der Waals surface area contributed by atoms with E-state index in [-0.39, 0.29) is 12.0 Å². The number of aryl methyl sites for hydroxylation is 1. The van der Waals surface area contributed by atoms with Crippen molar-refractivity contribution < 1.29 is 19.1 Å². The van der Waals surface area contributed by atoms with Gasteiger partial charge in [-0.15, -0.1) is 0 Å². The Morgan fingerprint density at radius 3 is 2.39 bits per heavy atom. The van der Waals surface area contributed by atoms with Crippen molar-refractivity contribution in [1.82, 2.24) is 0 Å². The molecular weight excluding hydrogens is 396 g/mol. The fourth-order valence-corrected chi connectivity index (χ4v) is 3.98. The second kappa shape index (κ2) is 9.01. The SMILES string of the molecule is CCOC(=O)Sc1c(C)c(C(C)(C)C)cc(C)c1OC(=O)c1cccc(Cl)c1. The molecule has 0 aliphatic rings. The van der Waals surface area contributed by atoms with Crippen molar-refractivity contribution in [3.8, 4) is 5.75 Å². The summed E-state index contributed by atoms with van der Waals surface area (Å²) in [7, 11) is 0. The summed E-state index contributed by atoms with van der Waals surface area (Å²) in [6.45, 7) is 12.1. The van der Waals surface area contributed by atoms with Crippen molar-refractivity contribution in [2.45, 2.75) is 51.9 Å². The average Bonchev–Trinajstić information content (AvgIpc) is 2.60. The van der Waals surface area contributed by atoms with E-state index in [1.165, 1.54) is 0 Å². The van der Waals surface area contributed by atoms with Crippen molar-refractivity contribution in [3.63, 3.8) is 0 Å². The smallest absolute Gasteiger partial charge is 0.372 e. The molecule has 0 heterocycles. The fourth-order valence-electron chi connectivity index (χ4n) is 2.89. The molecule has 0 radical (unpaired) electrons. The first-order chi connectivity index (χ1) is 13.0. The number of rotatable bonds is 4. The molecule has 0 amide bonds. The van der Waals surface area contributed by atoms with Gasteiger partial charge in [-0.05, 0) is 72.8 Å². The number of hydrogen-bond donors (Lipinski definition) is 0. The van der Waals surface area contributed by atoms with Crippen LogP contribution in [0.25, 0.3) is 0 Å². The maximum Gasteiger partial charge on any atom is 0.372 e. The molecule has 0 spiro atoms.